The summed E-state index contributed by atoms with van der Waals surface area (Å²) in [5.74, 6) is 3.99. The molecule has 5 heteroatoms. The van der Waals surface area contributed by atoms with Crippen molar-refractivity contribution in [1.29, 1.82) is 0 Å². The minimum Gasteiger partial charge on any atom is -0.353 e. The fraction of sp³-hybridized carbons (Fsp3) is 0.600. The van der Waals surface area contributed by atoms with Crippen LogP contribution >= 0.6 is 23.4 Å². The Kier molecular flexibility index (Phi) is 1.50. The Labute approximate surface area is 97.2 Å². The fourth-order valence-electron chi connectivity index (χ4n) is 3.01. The van der Waals surface area contributed by atoms with Gasteiger partial charge in [-0.25, -0.2) is 9.97 Å². The molecule has 4 fully saturated rings. The summed E-state index contributed by atoms with van der Waals surface area (Å²) in [6.45, 7) is 1.18. The van der Waals surface area contributed by atoms with Gasteiger partial charge in [0.25, 0.3) is 0 Å². The molecule has 4 aliphatic rings. The lowest BCUT2D eigenvalue weighted by Crippen LogP contribution is -2.21. The SMILES string of the molecule is CSc1nc(Cl)cc(N2CC3C4[C@H]3[C@H]42)n1. The van der Waals surface area contributed by atoms with Gasteiger partial charge in [-0.2, -0.15) is 0 Å². The molecule has 2 aliphatic heterocycles. The zero-order valence-electron chi connectivity index (χ0n) is 8.22. The van der Waals surface area contributed by atoms with Gasteiger partial charge in [0.2, 0.25) is 0 Å². The smallest absolute Gasteiger partial charge is 0.190 e. The molecule has 2 unspecified atom stereocenters. The van der Waals surface area contributed by atoms with Crippen LogP contribution in [0.25, 0.3) is 0 Å². The zero-order chi connectivity index (χ0) is 10.2. The highest BCUT2D eigenvalue weighted by Gasteiger charge is 2.80. The van der Waals surface area contributed by atoms with Crippen LogP contribution in [0.5, 0.6) is 0 Å². The number of aromatic nitrogens is 2. The average Bonchev–Trinajstić information content (AvgIpc) is 3.04. The van der Waals surface area contributed by atoms with Crippen LogP contribution in [0, 0.1) is 17.8 Å². The van der Waals surface area contributed by atoms with Gasteiger partial charge in [0.15, 0.2) is 5.16 Å². The van der Waals surface area contributed by atoms with E-state index in [1.165, 1.54) is 6.54 Å². The molecule has 1 aromatic rings. The van der Waals surface area contributed by atoms with Gasteiger partial charge in [-0.15, -0.1) is 0 Å². The molecule has 0 radical (unpaired) electrons. The minimum atomic E-state index is 0.559. The third kappa shape index (κ3) is 1.04. The lowest BCUT2D eigenvalue weighted by molar-refractivity contribution is 0.735. The van der Waals surface area contributed by atoms with Crippen molar-refractivity contribution in [3.05, 3.63) is 11.2 Å². The Morgan fingerprint density at radius 3 is 2.87 bits per heavy atom. The van der Waals surface area contributed by atoms with Crippen molar-refractivity contribution in [1.82, 2.24) is 9.97 Å². The largest absolute Gasteiger partial charge is 0.353 e. The molecule has 0 spiro atoms. The Morgan fingerprint density at radius 1 is 1.47 bits per heavy atom. The first-order chi connectivity index (χ1) is 7.29. The van der Waals surface area contributed by atoms with Crippen molar-refractivity contribution in [2.24, 2.45) is 17.8 Å². The summed E-state index contributed by atoms with van der Waals surface area (Å²) >= 11 is 7.53. The quantitative estimate of drug-likeness (QED) is 0.448. The van der Waals surface area contributed by atoms with Crippen LogP contribution in [-0.4, -0.2) is 28.8 Å². The van der Waals surface area contributed by atoms with Gasteiger partial charge < -0.3 is 4.90 Å². The first-order valence-corrected chi connectivity index (χ1v) is 6.75. The van der Waals surface area contributed by atoms with E-state index in [-0.39, 0.29) is 0 Å². The van der Waals surface area contributed by atoms with Crippen molar-refractivity contribution >= 4 is 29.2 Å². The molecule has 3 heterocycles. The summed E-state index contributed by atoms with van der Waals surface area (Å²) in [6, 6.07) is 2.68. The molecule has 2 bridgehead atoms. The van der Waals surface area contributed by atoms with Gasteiger partial charge in [-0.05, 0) is 24.0 Å². The fourth-order valence-corrected chi connectivity index (χ4v) is 3.61. The summed E-state index contributed by atoms with van der Waals surface area (Å²) < 4.78 is 0. The molecule has 3 nitrogen and oxygen atoms in total. The van der Waals surface area contributed by atoms with Crippen molar-refractivity contribution in [3.8, 4) is 0 Å². The zero-order valence-corrected chi connectivity index (χ0v) is 9.79. The van der Waals surface area contributed by atoms with Gasteiger partial charge in [-0.3, -0.25) is 0 Å². The number of hydrogen-bond acceptors (Lipinski definition) is 4. The second-order valence-electron chi connectivity index (χ2n) is 4.50. The highest BCUT2D eigenvalue weighted by molar-refractivity contribution is 7.98. The van der Waals surface area contributed by atoms with Crippen LogP contribution in [0.1, 0.15) is 0 Å². The number of anilines is 1. The summed E-state index contributed by atoms with van der Waals surface area (Å²) in [6.07, 6.45) is 1.98. The highest BCUT2D eigenvalue weighted by atomic mass is 35.5. The van der Waals surface area contributed by atoms with E-state index in [0.29, 0.717) is 5.15 Å². The molecule has 2 saturated heterocycles. The molecule has 0 N–H and O–H groups in total. The van der Waals surface area contributed by atoms with E-state index in [0.717, 1.165) is 34.8 Å². The van der Waals surface area contributed by atoms with E-state index in [1.807, 2.05) is 12.3 Å². The Hall–Kier alpha value is -0.480. The third-order valence-electron chi connectivity index (χ3n) is 3.85. The predicted octanol–water partition coefficient (Wildman–Crippen LogP) is 1.92. The van der Waals surface area contributed by atoms with Gasteiger partial charge in [0.05, 0.1) is 0 Å². The van der Waals surface area contributed by atoms with E-state index < -0.39 is 0 Å². The molecular formula is C10H10ClN3S. The molecule has 0 aromatic carbocycles. The molecule has 1 aromatic heterocycles. The van der Waals surface area contributed by atoms with E-state index in [1.54, 1.807) is 11.8 Å². The lowest BCUT2D eigenvalue weighted by Gasteiger charge is -2.17. The van der Waals surface area contributed by atoms with Crippen molar-refractivity contribution in [3.63, 3.8) is 0 Å². The number of nitrogens with zero attached hydrogens (tertiary/aromatic N) is 3. The maximum Gasteiger partial charge on any atom is 0.190 e. The van der Waals surface area contributed by atoms with Crippen LogP contribution in [0.15, 0.2) is 11.2 Å². The summed E-state index contributed by atoms with van der Waals surface area (Å²) in [5.41, 5.74) is 0. The second-order valence-corrected chi connectivity index (χ2v) is 5.66. The molecule has 2 saturated carbocycles. The van der Waals surface area contributed by atoms with Gasteiger partial charge in [-0.1, -0.05) is 23.4 Å². The molecule has 15 heavy (non-hydrogen) atoms. The topological polar surface area (TPSA) is 29.0 Å². The van der Waals surface area contributed by atoms with E-state index >= 15 is 0 Å². The van der Waals surface area contributed by atoms with Crippen LogP contribution in [0.3, 0.4) is 0 Å². The Bertz CT molecular complexity index is 436. The molecule has 2 aliphatic carbocycles. The van der Waals surface area contributed by atoms with Crippen LogP contribution < -0.4 is 4.90 Å². The van der Waals surface area contributed by atoms with Crippen LogP contribution in [-0.2, 0) is 0 Å². The van der Waals surface area contributed by atoms with Crippen molar-refractivity contribution < 1.29 is 0 Å². The van der Waals surface area contributed by atoms with Crippen LogP contribution in [0.2, 0.25) is 5.15 Å². The molecule has 78 valence electrons. The second kappa shape index (κ2) is 2.61. The van der Waals surface area contributed by atoms with Gasteiger partial charge >= 0.3 is 0 Å². The average molecular weight is 240 g/mol. The summed E-state index contributed by atoms with van der Waals surface area (Å²) in [4.78, 5) is 11.1. The van der Waals surface area contributed by atoms with E-state index in [4.69, 9.17) is 11.6 Å². The number of rotatable bonds is 2. The van der Waals surface area contributed by atoms with Gasteiger partial charge in [0.1, 0.15) is 11.0 Å². The number of fused-ring (bicyclic) bond motifs is 1. The number of piperidine rings is 1. The summed E-state index contributed by atoms with van der Waals surface area (Å²) in [7, 11) is 0. The van der Waals surface area contributed by atoms with E-state index in [2.05, 4.69) is 14.9 Å². The molecule has 5 rings (SSSR count). The first kappa shape index (κ1) is 8.65. The molecule has 0 amide bonds. The first-order valence-electron chi connectivity index (χ1n) is 5.15. The summed E-state index contributed by atoms with van der Waals surface area (Å²) in [5, 5.41) is 1.33. The maximum atomic E-state index is 5.98. The maximum absolute atomic E-state index is 5.98. The predicted molar refractivity (Wildman–Crippen MR) is 60.4 cm³/mol. The number of thioether (sulfide) groups is 1. The standard InChI is InChI=1S/C10H10ClN3S/c1-15-10-12-5(11)2-6(13-10)14-3-4-7-8(4)9(7)14/h2,4,7-9H,3H2,1H3/t4?,7-,8?,9+/m0/s1. The lowest BCUT2D eigenvalue weighted by atomic mass is 10.2. The third-order valence-corrected chi connectivity index (χ3v) is 4.59. The molecule has 4 atom stereocenters. The normalized spacial score (nSPS) is 39.2. The Morgan fingerprint density at radius 2 is 2.27 bits per heavy atom. The molecular weight excluding hydrogens is 230 g/mol. The van der Waals surface area contributed by atoms with Gasteiger partial charge in [0, 0.05) is 18.7 Å². The van der Waals surface area contributed by atoms with E-state index in [9.17, 15) is 0 Å². The highest BCUT2D eigenvalue weighted by Crippen LogP contribution is 2.75. The van der Waals surface area contributed by atoms with Crippen molar-refractivity contribution in [2.45, 2.75) is 11.2 Å². The Balaban J connectivity index is 1.71. The van der Waals surface area contributed by atoms with Crippen molar-refractivity contribution in [2.75, 3.05) is 17.7 Å². The monoisotopic (exact) mass is 239 g/mol. The number of halogens is 1. The minimum absolute atomic E-state index is 0.559. The number of hydrogen-bond donors (Lipinski definition) is 0. The van der Waals surface area contributed by atoms with Crippen LogP contribution in [0.4, 0.5) is 5.82 Å².